The first-order valence-corrected chi connectivity index (χ1v) is 9.63. The number of halogens is 2. The van der Waals surface area contributed by atoms with Gasteiger partial charge in [0, 0.05) is 27.5 Å². The number of thiazole rings is 1. The molecule has 0 saturated heterocycles. The normalized spacial score (nSPS) is 10.4. The Bertz CT molecular complexity index is 942. The molecule has 2 N–H and O–H groups in total. The molecule has 27 heavy (non-hydrogen) atoms. The zero-order valence-corrected chi connectivity index (χ0v) is 16.4. The third-order valence-corrected chi connectivity index (χ3v) is 5.05. The van der Waals surface area contributed by atoms with Crippen molar-refractivity contribution >= 4 is 44.2 Å². The van der Waals surface area contributed by atoms with Crippen LogP contribution in [0.3, 0.4) is 0 Å². The number of amides is 2. The van der Waals surface area contributed by atoms with Gasteiger partial charge in [-0.05, 0) is 42.0 Å². The number of aromatic nitrogens is 1. The van der Waals surface area contributed by atoms with Gasteiger partial charge < -0.3 is 10.6 Å². The van der Waals surface area contributed by atoms with Crippen molar-refractivity contribution in [3.05, 3.63) is 81.0 Å². The lowest BCUT2D eigenvalue weighted by molar-refractivity contribution is -0.115. The fourth-order valence-corrected chi connectivity index (χ4v) is 3.41. The lowest BCUT2D eigenvalue weighted by atomic mass is 10.1. The van der Waals surface area contributed by atoms with E-state index in [0.717, 1.165) is 21.3 Å². The molecule has 3 aromatic rings. The molecule has 0 radical (unpaired) electrons. The predicted molar refractivity (Wildman–Crippen MR) is 106 cm³/mol. The third kappa shape index (κ3) is 5.70. The first kappa shape index (κ1) is 19.2. The second-order valence-corrected chi connectivity index (χ2v) is 7.70. The quantitative estimate of drug-likeness (QED) is 0.599. The van der Waals surface area contributed by atoms with Gasteiger partial charge in [-0.2, -0.15) is 0 Å². The van der Waals surface area contributed by atoms with Crippen LogP contribution in [0.4, 0.5) is 9.52 Å². The van der Waals surface area contributed by atoms with Crippen LogP contribution in [0, 0.1) is 5.82 Å². The van der Waals surface area contributed by atoms with Crippen molar-refractivity contribution in [2.45, 2.75) is 6.42 Å². The Morgan fingerprint density at radius 3 is 2.48 bits per heavy atom. The first-order chi connectivity index (χ1) is 13.0. The number of anilines is 1. The number of hydrogen-bond acceptors (Lipinski definition) is 4. The van der Waals surface area contributed by atoms with Gasteiger partial charge in [0.05, 0.1) is 6.54 Å². The zero-order valence-electron chi connectivity index (χ0n) is 14.0. The highest BCUT2D eigenvalue weighted by Gasteiger charge is 2.10. The summed E-state index contributed by atoms with van der Waals surface area (Å²) in [7, 11) is 0. The van der Waals surface area contributed by atoms with E-state index < -0.39 is 11.7 Å². The summed E-state index contributed by atoms with van der Waals surface area (Å²) in [6.45, 7) is -0.197. The summed E-state index contributed by atoms with van der Waals surface area (Å²) >= 11 is 4.78. The summed E-state index contributed by atoms with van der Waals surface area (Å²) in [5.74, 6) is -1.25. The van der Waals surface area contributed by atoms with E-state index in [9.17, 15) is 14.0 Å². The van der Waals surface area contributed by atoms with Crippen molar-refractivity contribution in [2.75, 3.05) is 11.9 Å². The van der Waals surface area contributed by atoms with Crippen LogP contribution in [0.5, 0.6) is 0 Å². The molecule has 0 saturated carbocycles. The SMILES string of the molecule is O=C(CNC(=O)c1ccc(F)cc1)Nc1ncc(Cc2ccc(Br)cc2)s1. The second kappa shape index (κ2) is 8.88. The number of nitrogens with one attached hydrogen (secondary N) is 2. The van der Waals surface area contributed by atoms with Crippen LogP contribution in [0.2, 0.25) is 0 Å². The summed E-state index contributed by atoms with van der Waals surface area (Å²) in [4.78, 5) is 29.1. The highest BCUT2D eigenvalue weighted by Crippen LogP contribution is 2.22. The van der Waals surface area contributed by atoms with Gasteiger partial charge in [0.15, 0.2) is 5.13 Å². The van der Waals surface area contributed by atoms with E-state index >= 15 is 0 Å². The van der Waals surface area contributed by atoms with E-state index in [1.165, 1.54) is 35.6 Å². The molecule has 5 nitrogen and oxygen atoms in total. The fourth-order valence-electron chi connectivity index (χ4n) is 2.28. The van der Waals surface area contributed by atoms with Gasteiger partial charge in [-0.25, -0.2) is 9.37 Å². The Morgan fingerprint density at radius 1 is 1.07 bits per heavy atom. The summed E-state index contributed by atoms with van der Waals surface area (Å²) in [6.07, 6.45) is 2.45. The van der Waals surface area contributed by atoms with Crippen LogP contribution in [0.25, 0.3) is 0 Å². The molecule has 0 aliphatic heterocycles. The average Bonchev–Trinajstić information content (AvgIpc) is 3.09. The first-order valence-electron chi connectivity index (χ1n) is 8.02. The molecule has 3 rings (SSSR count). The Kier molecular flexibility index (Phi) is 6.31. The average molecular weight is 448 g/mol. The predicted octanol–water partition coefficient (Wildman–Crippen LogP) is 4.00. The molecule has 2 amide bonds. The molecule has 138 valence electrons. The van der Waals surface area contributed by atoms with E-state index in [1.807, 2.05) is 24.3 Å². The largest absolute Gasteiger partial charge is 0.343 e. The van der Waals surface area contributed by atoms with Crippen LogP contribution in [0.1, 0.15) is 20.8 Å². The van der Waals surface area contributed by atoms with E-state index in [4.69, 9.17) is 0 Å². The third-order valence-electron chi connectivity index (χ3n) is 3.61. The van der Waals surface area contributed by atoms with Gasteiger partial charge in [0.1, 0.15) is 5.82 Å². The molecular formula is C19H15BrFN3O2S. The molecule has 1 aromatic heterocycles. The second-order valence-electron chi connectivity index (χ2n) is 5.67. The number of carbonyl (C=O) groups excluding carboxylic acids is 2. The maximum absolute atomic E-state index is 12.9. The van der Waals surface area contributed by atoms with Crippen molar-refractivity contribution in [3.8, 4) is 0 Å². The molecule has 0 aliphatic carbocycles. The van der Waals surface area contributed by atoms with Crippen molar-refractivity contribution in [1.82, 2.24) is 10.3 Å². The van der Waals surface area contributed by atoms with Crippen LogP contribution < -0.4 is 10.6 Å². The van der Waals surface area contributed by atoms with Crippen molar-refractivity contribution < 1.29 is 14.0 Å². The van der Waals surface area contributed by atoms with E-state index in [-0.39, 0.29) is 18.0 Å². The maximum atomic E-state index is 12.9. The Balaban J connectivity index is 1.49. The topological polar surface area (TPSA) is 71.1 Å². The Labute approximate surface area is 167 Å². The van der Waals surface area contributed by atoms with Crippen molar-refractivity contribution in [2.24, 2.45) is 0 Å². The summed E-state index contributed by atoms with van der Waals surface area (Å²) in [5, 5.41) is 5.62. The van der Waals surface area contributed by atoms with Crippen LogP contribution in [-0.4, -0.2) is 23.3 Å². The van der Waals surface area contributed by atoms with E-state index in [0.29, 0.717) is 5.13 Å². The molecule has 0 spiro atoms. The van der Waals surface area contributed by atoms with Crippen molar-refractivity contribution in [1.29, 1.82) is 0 Å². The van der Waals surface area contributed by atoms with E-state index in [1.54, 1.807) is 6.20 Å². The lowest BCUT2D eigenvalue weighted by Gasteiger charge is -2.05. The molecule has 8 heteroatoms. The summed E-state index contributed by atoms with van der Waals surface area (Å²) in [5.41, 5.74) is 1.43. The molecular weight excluding hydrogens is 433 g/mol. The molecule has 0 aliphatic rings. The standard InChI is InChI=1S/C19H15BrFN3O2S/c20-14-5-1-12(2-6-14)9-16-10-23-19(27-16)24-17(25)11-22-18(26)13-3-7-15(21)8-4-13/h1-8,10H,9,11H2,(H,22,26)(H,23,24,25). The Hall–Kier alpha value is -2.58. The van der Waals surface area contributed by atoms with Crippen LogP contribution >= 0.6 is 27.3 Å². The van der Waals surface area contributed by atoms with Gasteiger partial charge in [-0.3, -0.25) is 9.59 Å². The number of hydrogen-bond donors (Lipinski definition) is 2. The van der Waals surface area contributed by atoms with E-state index in [2.05, 4.69) is 31.5 Å². The smallest absolute Gasteiger partial charge is 0.251 e. The minimum absolute atomic E-state index is 0.197. The van der Waals surface area contributed by atoms with Gasteiger partial charge >= 0.3 is 0 Å². The molecule has 2 aromatic carbocycles. The number of nitrogens with zero attached hydrogens (tertiary/aromatic N) is 1. The summed E-state index contributed by atoms with van der Waals surface area (Å²) < 4.78 is 13.9. The minimum Gasteiger partial charge on any atom is -0.343 e. The molecule has 1 heterocycles. The molecule has 0 atom stereocenters. The number of rotatable bonds is 6. The highest BCUT2D eigenvalue weighted by molar-refractivity contribution is 9.10. The van der Waals surface area contributed by atoms with Gasteiger partial charge in [-0.1, -0.05) is 28.1 Å². The lowest BCUT2D eigenvalue weighted by Crippen LogP contribution is -2.32. The zero-order chi connectivity index (χ0) is 19.2. The molecule has 0 fully saturated rings. The summed E-state index contributed by atoms with van der Waals surface area (Å²) in [6, 6.07) is 13.1. The van der Waals surface area contributed by atoms with Gasteiger partial charge in [0.2, 0.25) is 5.91 Å². The van der Waals surface area contributed by atoms with Gasteiger partial charge in [-0.15, -0.1) is 11.3 Å². The fraction of sp³-hybridized carbons (Fsp3) is 0.105. The van der Waals surface area contributed by atoms with Crippen LogP contribution in [0.15, 0.2) is 59.2 Å². The molecule has 0 bridgehead atoms. The van der Waals surface area contributed by atoms with Crippen LogP contribution in [-0.2, 0) is 11.2 Å². The number of benzene rings is 2. The van der Waals surface area contributed by atoms with Gasteiger partial charge in [0.25, 0.3) is 5.91 Å². The number of carbonyl (C=O) groups is 2. The Morgan fingerprint density at radius 2 is 1.78 bits per heavy atom. The minimum atomic E-state index is -0.444. The highest BCUT2D eigenvalue weighted by atomic mass is 79.9. The van der Waals surface area contributed by atoms with Crippen molar-refractivity contribution in [3.63, 3.8) is 0 Å². The monoisotopic (exact) mass is 447 g/mol. The molecule has 0 unspecified atom stereocenters. The maximum Gasteiger partial charge on any atom is 0.251 e.